The summed E-state index contributed by atoms with van der Waals surface area (Å²) in [4.78, 5) is 29.3. The van der Waals surface area contributed by atoms with E-state index in [4.69, 9.17) is 19.7 Å². The average Bonchev–Trinajstić information content (AvgIpc) is 3.95. The molecule has 4 aliphatic carbocycles. The summed E-state index contributed by atoms with van der Waals surface area (Å²) in [6, 6.07) is 21.2. The molecule has 2 amide bonds. The molecule has 0 aromatic heterocycles. The SMILES string of the molecule is COC(=O)N1CC[C@]2(N=Nc3cccc4c3C[C@@H]3N(C(=O)OC)CC[C@]43NS(=O)(=O)N[C@@]34CCC[C@@H]3Cc3ccccc34)c3ccccc3C[C@H]12. The summed E-state index contributed by atoms with van der Waals surface area (Å²) in [5.74, 6) is 0.187. The monoisotopic (exact) mass is 710 g/mol. The highest BCUT2D eigenvalue weighted by molar-refractivity contribution is 7.87. The minimum Gasteiger partial charge on any atom is -0.453 e. The highest BCUT2D eigenvalue weighted by Crippen LogP contribution is 2.54. The number of nitrogens with one attached hydrogen (secondary N) is 2. The Morgan fingerprint density at radius 2 is 1.39 bits per heavy atom. The zero-order chi connectivity index (χ0) is 35.2. The van der Waals surface area contributed by atoms with Crippen LogP contribution >= 0.6 is 0 Å². The molecule has 3 aromatic carbocycles. The van der Waals surface area contributed by atoms with Crippen LogP contribution in [0.5, 0.6) is 0 Å². The Labute approximate surface area is 297 Å². The highest BCUT2D eigenvalue weighted by Gasteiger charge is 2.60. The number of ether oxygens (including phenoxy) is 2. The molecule has 12 nitrogen and oxygen atoms in total. The maximum atomic E-state index is 14.5. The third kappa shape index (κ3) is 4.66. The van der Waals surface area contributed by atoms with Gasteiger partial charge in [-0.2, -0.15) is 28.1 Å². The first-order valence-corrected chi connectivity index (χ1v) is 19.4. The minimum absolute atomic E-state index is 0.187. The molecule has 0 spiro atoms. The summed E-state index contributed by atoms with van der Waals surface area (Å²) < 4.78 is 45.6. The van der Waals surface area contributed by atoms with E-state index >= 15 is 0 Å². The number of fused-ring (bicyclic) bond motifs is 9. The van der Waals surface area contributed by atoms with E-state index in [1.54, 1.807) is 9.80 Å². The molecule has 6 aliphatic rings. The number of benzene rings is 3. The summed E-state index contributed by atoms with van der Waals surface area (Å²) in [5.41, 5.74) is 4.19. The van der Waals surface area contributed by atoms with Gasteiger partial charge in [-0.3, -0.25) is 0 Å². The third-order valence-corrected chi connectivity index (χ3v) is 14.1. The molecule has 2 aliphatic heterocycles. The lowest BCUT2D eigenvalue weighted by Crippen LogP contribution is -2.59. The second-order valence-electron chi connectivity index (χ2n) is 15.0. The van der Waals surface area contributed by atoms with E-state index in [2.05, 4.69) is 33.7 Å². The molecular formula is C38H42N6O6S. The third-order valence-electron chi connectivity index (χ3n) is 12.9. The first-order valence-electron chi connectivity index (χ1n) is 17.9. The lowest BCUT2D eigenvalue weighted by Gasteiger charge is -2.37. The van der Waals surface area contributed by atoms with E-state index in [0.29, 0.717) is 44.5 Å². The van der Waals surface area contributed by atoms with Crippen LogP contribution in [0.3, 0.4) is 0 Å². The van der Waals surface area contributed by atoms with E-state index in [1.807, 2.05) is 42.5 Å². The molecule has 2 N–H and O–H groups in total. The summed E-state index contributed by atoms with van der Waals surface area (Å²) in [6.07, 6.45) is 4.62. The van der Waals surface area contributed by atoms with Crippen molar-refractivity contribution in [1.82, 2.24) is 19.2 Å². The van der Waals surface area contributed by atoms with Crippen LogP contribution in [0.15, 0.2) is 77.0 Å². The predicted molar refractivity (Wildman–Crippen MR) is 188 cm³/mol. The number of likely N-dealkylation sites (tertiary alicyclic amines) is 2. The van der Waals surface area contributed by atoms with Crippen LogP contribution in [0.1, 0.15) is 65.5 Å². The van der Waals surface area contributed by atoms with Crippen LogP contribution < -0.4 is 9.44 Å². The smallest absolute Gasteiger partial charge is 0.409 e. The van der Waals surface area contributed by atoms with Crippen molar-refractivity contribution < 1.29 is 27.5 Å². The van der Waals surface area contributed by atoms with Crippen molar-refractivity contribution in [1.29, 1.82) is 0 Å². The lowest BCUT2D eigenvalue weighted by molar-refractivity contribution is 0.112. The van der Waals surface area contributed by atoms with Gasteiger partial charge in [-0.1, -0.05) is 67.1 Å². The standard InChI is InChI=1S/C38H42N6O6S/c1-49-34(45)43-19-17-37(29-13-6-4-10-25(29)22-32(37)43)40-39-31-15-7-14-30-27(31)23-33-38(30,18-20-44(33)35(46)50-2)42-51(47,48)41-36-16-8-11-26(36)21-24-9-3-5-12-28(24)36/h3-7,9-10,12-15,26,32-33,41-42H,8,11,16-23H2,1-2H3/t26-,32+,33+,36+,37+,38+/m1/s1. The van der Waals surface area contributed by atoms with Crippen LogP contribution in [-0.2, 0) is 55.6 Å². The highest BCUT2D eigenvalue weighted by atomic mass is 32.2. The topological polar surface area (TPSA) is 142 Å². The number of hydrogen-bond donors (Lipinski definition) is 2. The average molecular weight is 711 g/mol. The Morgan fingerprint density at radius 3 is 2.16 bits per heavy atom. The number of amides is 2. The quantitative estimate of drug-likeness (QED) is 0.332. The predicted octanol–water partition coefficient (Wildman–Crippen LogP) is 5.33. The Kier molecular flexibility index (Phi) is 7.40. The van der Waals surface area contributed by atoms with E-state index in [-0.39, 0.29) is 18.1 Å². The van der Waals surface area contributed by atoms with Crippen LogP contribution in [0.25, 0.3) is 0 Å². The second kappa shape index (κ2) is 11.6. The van der Waals surface area contributed by atoms with Crippen LogP contribution in [0.2, 0.25) is 0 Å². The van der Waals surface area contributed by atoms with Gasteiger partial charge in [-0.15, -0.1) is 0 Å². The van der Waals surface area contributed by atoms with Gasteiger partial charge in [0, 0.05) is 13.1 Å². The zero-order valence-corrected chi connectivity index (χ0v) is 29.6. The molecule has 1 saturated carbocycles. The van der Waals surface area contributed by atoms with Gasteiger partial charge < -0.3 is 19.3 Å². The summed E-state index contributed by atoms with van der Waals surface area (Å²) in [5, 5.41) is 10.0. The van der Waals surface area contributed by atoms with E-state index in [1.165, 1.54) is 19.8 Å². The number of methoxy groups -OCH3 is 2. The first kappa shape index (κ1) is 32.6. The fourth-order valence-electron chi connectivity index (χ4n) is 10.7. The van der Waals surface area contributed by atoms with Gasteiger partial charge in [0.15, 0.2) is 0 Å². The molecule has 2 saturated heterocycles. The van der Waals surface area contributed by atoms with Crippen LogP contribution in [-0.4, -0.2) is 69.8 Å². The van der Waals surface area contributed by atoms with Crippen molar-refractivity contribution in [2.45, 2.75) is 80.1 Å². The Morgan fingerprint density at radius 1 is 0.745 bits per heavy atom. The van der Waals surface area contributed by atoms with Gasteiger partial charge in [-0.05, 0) is 90.3 Å². The van der Waals surface area contributed by atoms with E-state index < -0.39 is 39.0 Å². The number of hydrogen-bond acceptors (Lipinski definition) is 8. The molecule has 6 atom stereocenters. The normalized spacial score (nSPS) is 31.3. The molecule has 13 heteroatoms. The zero-order valence-electron chi connectivity index (χ0n) is 28.8. The molecule has 51 heavy (non-hydrogen) atoms. The van der Waals surface area contributed by atoms with Crippen LogP contribution in [0.4, 0.5) is 15.3 Å². The maximum Gasteiger partial charge on any atom is 0.409 e. The first-order chi connectivity index (χ1) is 24.6. The second-order valence-corrected chi connectivity index (χ2v) is 16.4. The lowest BCUT2D eigenvalue weighted by atomic mass is 9.88. The van der Waals surface area contributed by atoms with Crippen molar-refractivity contribution in [3.05, 3.63) is 100 Å². The Hall–Kier alpha value is -4.33. The van der Waals surface area contributed by atoms with Gasteiger partial charge in [0.25, 0.3) is 10.2 Å². The molecule has 3 aromatic rings. The molecule has 0 bridgehead atoms. The molecule has 266 valence electrons. The van der Waals surface area contributed by atoms with E-state index in [0.717, 1.165) is 53.5 Å². The number of azo groups is 1. The minimum atomic E-state index is -4.10. The summed E-state index contributed by atoms with van der Waals surface area (Å²) in [7, 11) is -1.36. The van der Waals surface area contributed by atoms with Crippen molar-refractivity contribution in [2.75, 3.05) is 27.3 Å². The maximum absolute atomic E-state index is 14.5. The summed E-state index contributed by atoms with van der Waals surface area (Å²) in [6.45, 7) is 0.838. The molecular weight excluding hydrogens is 669 g/mol. The van der Waals surface area contributed by atoms with Crippen LogP contribution in [0, 0.1) is 5.92 Å². The fourth-order valence-corrected chi connectivity index (χ4v) is 12.5. The summed E-state index contributed by atoms with van der Waals surface area (Å²) >= 11 is 0. The number of carbonyl (C=O) groups excluding carboxylic acids is 2. The molecule has 0 unspecified atom stereocenters. The van der Waals surface area contributed by atoms with Crippen molar-refractivity contribution >= 4 is 28.1 Å². The fraction of sp³-hybridized carbons (Fsp3) is 0.474. The van der Waals surface area contributed by atoms with Gasteiger partial charge in [0.05, 0.1) is 43.1 Å². The largest absolute Gasteiger partial charge is 0.453 e. The van der Waals surface area contributed by atoms with Crippen molar-refractivity contribution in [3.8, 4) is 0 Å². The Balaban J connectivity index is 1.09. The molecule has 2 heterocycles. The van der Waals surface area contributed by atoms with Gasteiger partial charge in [0.1, 0.15) is 5.54 Å². The number of carbonyl (C=O) groups is 2. The molecule has 9 rings (SSSR count). The Bertz CT molecular complexity index is 2090. The van der Waals surface area contributed by atoms with Gasteiger partial charge >= 0.3 is 12.2 Å². The van der Waals surface area contributed by atoms with Gasteiger partial charge in [-0.25, -0.2) is 9.59 Å². The molecule has 3 fully saturated rings. The number of nitrogens with zero attached hydrogens (tertiary/aromatic N) is 4. The van der Waals surface area contributed by atoms with Crippen molar-refractivity contribution in [2.24, 2.45) is 16.1 Å². The van der Waals surface area contributed by atoms with Gasteiger partial charge in [0.2, 0.25) is 0 Å². The van der Waals surface area contributed by atoms with E-state index in [9.17, 15) is 18.0 Å². The number of rotatable bonds is 6. The molecule has 0 radical (unpaired) electrons. The van der Waals surface area contributed by atoms with Crippen molar-refractivity contribution in [3.63, 3.8) is 0 Å².